The zero-order valence-corrected chi connectivity index (χ0v) is 13.0. The molecule has 0 aromatic carbocycles. The Morgan fingerprint density at radius 1 is 0.412 bits per heavy atom. The van der Waals surface area contributed by atoms with Crippen LogP contribution in [0.3, 0.4) is 0 Å². The number of hydrogen-bond donors (Lipinski definition) is 9. The molecule has 9 N–H and O–H groups in total. The second-order valence-corrected chi connectivity index (χ2v) is 4.62. The Kier molecular flexibility index (Phi) is 22.9. The molecule has 2 radical (unpaired) electrons. The largest absolute Gasteiger partial charge is 0.466 e. The molecule has 12 nitrogen and oxygen atoms in total. The van der Waals surface area contributed by atoms with Crippen LogP contribution in [-0.2, 0) is 50.8 Å². The average molecular weight is 396 g/mol. The maximum absolute atomic E-state index is 8.88. The van der Waals surface area contributed by atoms with Crippen LogP contribution in [-0.4, -0.2) is 44.0 Å². The van der Waals surface area contributed by atoms with Gasteiger partial charge in [-0.1, -0.05) is 0 Å². The van der Waals surface area contributed by atoms with Gasteiger partial charge >= 0.3 is 23.5 Å². The van der Waals surface area contributed by atoms with Crippen LogP contribution in [0.5, 0.6) is 0 Å². The van der Waals surface area contributed by atoms with Crippen molar-refractivity contribution in [3.8, 4) is 0 Å². The average Bonchev–Trinajstić information content (AvgIpc) is 1.41. The summed E-state index contributed by atoms with van der Waals surface area (Å²) in [6, 6.07) is 0. The first kappa shape index (κ1) is 31.1. The Morgan fingerprint density at radius 3 is 0.412 bits per heavy atom. The van der Waals surface area contributed by atoms with E-state index in [9.17, 15) is 0 Å². The minimum atomic E-state index is -4.64. The summed E-state index contributed by atoms with van der Waals surface area (Å²) in [6.07, 6.45) is 0. The van der Waals surface area contributed by atoms with Gasteiger partial charge in [-0.3, -0.25) is 0 Å². The third-order valence-corrected chi connectivity index (χ3v) is 0. The molecule has 0 rings (SSSR count). The van der Waals surface area contributed by atoms with Gasteiger partial charge in [0, 0.05) is 37.1 Å². The molecule has 0 fully saturated rings. The summed E-state index contributed by atoms with van der Waals surface area (Å²) in [5.41, 5.74) is 0. The molecule has 0 aliphatic carbocycles. The fourth-order valence-corrected chi connectivity index (χ4v) is 0. The first-order valence-corrected chi connectivity index (χ1v) is 7.04. The van der Waals surface area contributed by atoms with Gasteiger partial charge in [0.25, 0.3) is 0 Å². The predicted octanol–water partition coefficient (Wildman–Crippen LogP) is -2.79. The van der Waals surface area contributed by atoms with E-state index >= 15 is 0 Å². The van der Waals surface area contributed by atoms with E-state index in [1.807, 2.05) is 0 Å². The predicted molar refractivity (Wildman–Crippen MR) is 42.8 cm³/mol. The van der Waals surface area contributed by atoms with E-state index in [4.69, 9.17) is 57.7 Å². The zero-order valence-electron chi connectivity index (χ0n) is 7.49. The molecule has 0 unspecified atom stereocenters. The van der Waals surface area contributed by atoms with Gasteiger partial charge in [0.15, 0.2) is 0 Å². The quantitative estimate of drug-likeness (QED) is 0.189. The number of rotatable bonds is 0. The van der Waals surface area contributed by atoms with E-state index < -0.39 is 23.5 Å². The summed E-state index contributed by atoms with van der Waals surface area (Å²) in [4.78, 5) is 64.7. The van der Waals surface area contributed by atoms with E-state index in [0.717, 1.165) is 0 Å². The molecule has 0 aromatic rings. The summed E-state index contributed by atoms with van der Waals surface area (Å²) < 4.78 is 26.6. The third-order valence-electron chi connectivity index (χ3n) is 0. The van der Waals surface area contributed by atoms with Crippen molar-refractivity contribution in [3.05, 3.63) is 0 Å². The zero-order chi connectivity index (χ0) is 13.5. The van der Waals surface area contributed by atoms with Crippen LogP contribution >= 0.6 is 23.5 Å². The smallest absolute Gasteiger partial charge is 0.303 e. The molecular formula is H9O12P3V2. The Morgan fingerprint density at radius 2 is 0.412 bits per heavy atom. The Balaban J connectivity index is -0.0000000400. The van der Waals surface area contributed by atoms with Crippen molar-refractivity contribution in [2.24, 2.45) is 0 Å². The maximum atomic E-state index is 8.88. The van der Waals surface area contributed by atoms with Crippen molar-refractivity contribution in [3.63, 3.8) is 0 Å². The minimum absolute atomic E-state index is 0. The SMILES string of the molecule is O=P(O)(O)O.O=P(O)(O)O.O=P(O)(O)O.[V].[V]. The first-order valence-electron chi connectivity index (χ1n) is 2.35. The van der Waals surface area contributed by atoms with Crippen LogP contribution in [0.4, 0.5) is 0 Å². The van der Waals surface area contributed by atoms with Crippen LogP contribution < -0.4 is 0 Å². The molecule has 0 saturated carbocycles. The normalized spacial score (nSPS) is 10.4. The van der Waals surface area contributed by atoms with Gasteiger partial charge in [0.2, 0.25) is 0 Å². The van der Waals surface area contributed by atoms with Crippen molar-refractivity contribution in [1.29, 1.82) is 0 Å². The Labute approximate surface area is 118 Å². The summed E-state index contributed by atoms with van der Waals surface area (Å²) >= 11 is 0. The monoisotopic (exact) mass is 396 g/mol. The van der Waals surface area contributed by atoms with Gasteiger partial charge in [-0.15, -0.1) is 0 Å². The fraction of sp³-hybridized carbons (Fsp3) is 0. The van der Waals surface area contributed by atoms with Crippen molar-refractivity contribution >= 4 is 23.5 Å². The van der Waals surface area contributed by atoms with Gasteiger partial charge in [0.1, 0.15) is 0 Å². The molecule has 0 saturated heterocycles. The molecule has 0 aliphatic heterocycles. The van der Waals surface area contributed by atoms with E-state index in [1.165, 1.54) is 0 Å². The second-order valence-electron chi connectivity index (χ2n) is 1.54. The molecule has 0 spiro atoms. The van der Waals surface area contributed by atoms with Crippen molar-refractivity contribution in [2.45, 2.75) is 0 Å². The van der Waals surface area contributed by atoms with Crippen LogP contribution in [0, 0.1) is 0 Å². The van der Waals surface area contributed by atoms with Crippen LogP contribution in [0.2, 0.25) is 0 Å². The molecule has 0 bridgehead atoms. The topological polar surface area (TPSA) is 233 Å². The molecule has 0 atom stereocenters. The summed E-state index contributed by atoms with van der Waals surface area (Å²) in [5.74, 6) is 0. The molecule has 0 amide bonds. The fourth-order valence-electron chi connectivity index (χ4n) is 0. The molecule has 0 heterocycles. The standard InChI is InChI=1S/3H3O4P.2V/c3*1-5(2,3)4;;/h3*(H3,1,2,3,4);;. The Bertz CT molecular complexity index is 206. The van der Waals surface area contributed by atoms with Crippen LogP contribution in [0.25, 0.3) is 0 Å². The molecule has 17 heteroatoms. The van der Waals surface area contributed by atoms with E-state index in [1.54, 1.807) is 0 Å². The van der Waals surface area contributed by atoms with Gasteiger partial charge in [0.05, 0.1) is 0 Å². The second kappa shape index (κ2) is 12.5. The third kappa shape index (κ3) is 1870. The molecule has 17 heavy (non-hydrogen) atoms. The van der Waals surface area contributed by atoms with E-state index in [0.29, 0.717) is 0 Å². The van der Waals surface area contributed by atoms with Crippen molar-refractivity contribution in [1.82, 2.24) is 0 Å². The van der Waals surface area contributed by atoms with Gasteiger partial charge in [-0.25, -0.2) is 13.7 Å². The molecule has 0 aliphatic rings. The van der Waals surface area contributed by atoms with Crippen molar-refractivity contribution < 1.29 is 94.8 Å². The van der Waals surface area contributed by atoms with E-state index in [-0.39, 0.29) is 37.1 Å². The summed E-state index contributed by atoms with van der Waals surface area (Å²) in [5, 5.41) is 0. The van der Waals surface area contributed by atoms with Gasteiger partial charge < -0.3 is 44.0 Å². The van der Waals surface area contributed by atoms with Crippen molar-refractivity contribution in [2.75, 3.05) is 0 Å². The van der Waals surface area contributed by atoms with Gasteiger partial charge in [-0.2, -0.15) is 0 Å². The summed E-state index contributed by atoms with van der Waals surface area (Å²) in [6.45, 7) is 0. The molecule has 0 aromatic heterocycles. The molecular weight excluding hydrogens is 387 g/mol. The maximum Gasteiger partial charge on any atom is 0.466 e. The van der Waals surface area contributed by atoms with E-state index in [2.05, 4.69) is 0 Å². The Hall–Kier alpha value is 1.50. The number of phosphoric acid groups is 3. The van der Waals surface area contributed by atoms with Crippen LogP contribution in [0.15, 0.2) is 0 Å². The van der Waals surface area contributed by atoms with Crippen LogP contribution in [0.1, 0.15) is 0 Å². The number of hydrogen-bond acceptors (Lipinski definition) is 3. The minimum Gasteiger partial charge on any atom is -0.303 e. The first-order chi connectivity index (χ1) is 6.00. The van der Waals surface area contributed by atoms with Gasteiger partial charge in [-0.05, 0) is 0 Å². The summed E-state index contributed by atoms with van der Waals surface area (Å²) in [7, 11) is -13.9. The molecule has 106 valence electrons.